The van der Waals surface area contributed by atoms with Gasteiger partial charge < -0.3 is 5.73 Å². The molecule has 0 bridgehead atoms. The minimum atomic E-state index is -3.44. The van der Waals surface area contributed by atoms with Crippen LogP contribution in [0.15, 0.2) is 23.1 Å². The second-order valence-electron chi connectivity index (χ2n) is 3.80. The molecule has 1 rings (SSSR count). The van der Waals surface area contributed by atoms with E-state index < -0.39 is 10.0 Å². The molecule has 0 saturated heterocycles. The molecule has 1 aromatic rings. The molecule has 0 aliphatic heterocycles. The first-order valence-electron chi connectivity index (χ1n) is 5.43. The van der Waals surface area contributed by atoms with Crippen molar-refractivity contribution < 1.29 is 8.42 Å². The third-order valence-electron chi connectivity index (χ3n) is 2.35. The molecule has 0 fully saturated rings. The molecular formula is C11H18Cl2N2O2S. The van der Waals surface area contributed by atoms with E-state index >= 15 is 0 Å². The van der Waals surface area contributed by atoms with Crippen molar-refractivity contribution in [2.45, 2.75) is 24.7 Å². The lowest BCUT2D eigenvalue weighted by atomic mass is 10.2. The van der Waals surface area contributed by atoms with Crippen LogP contribution in [-0.2, 0) is 10.0 Å². The monoisotopic (exact) mass is 312 g/mol. The lowest BCUT2D eigenvalue weighted by Crippen LogP contribution is -2.25. The molecule has 0 spiro atoms. The number of hydrogen-bond donors (Lipinski definition) is 2. The van der Waals surface area contributed by atoms with Crippen molar-refractivity contribution in [3.8, 4) is 0 Å². The Balaban J connectivity index is 0.00000289. The fraction of sp³-hybridized carbons (Fsp3) is 0.455. The van der Waals surface area contributed by atoms with Crippen LogP contribution in [0.2, 0.25) is 5.02 Å². The van der Waals surface area contributed by atoms with E-state index in [0.717, 1.165) is 12.8 Å². The maximum Gasteiger partial charge on any atom is 0.240 e. The Morgan fingerprint density at radius 2 is 2.00 bits per heavy atom. The maximum atomic E-state index is 11.9. The number of aryl methyl sites for hydroxylation is 1. The first-order chi connectivity index (χ1) is 7.97. The molecule has 18 heavy (non-hydrogen) atoms. The van der Waals surface area contributed by atoms with E-state index in [0.29, 0.717) is 23.7 Å². The molecule has 0 heterocycles. The molecule has 3 N–H and O–H groups in total. The molecule has 0 aliphatic rings. The third kappa shape index (κ3) is 5.12. The fourth-order valence-corrected chi connectivity index (χ4v) is 2.99. The number of unbranched alkanes of at least 4 members (excludes halogenated alkanes) is 1. The largest absolute Gasteiger partial charge is 0.330 e. The predicted molar refractivity (Wildman–Crippen MR) is 76.9 cm³/mol. The van der Waals surface area contributed by atoms with Gasteiger partial charge in [0, 0.05) is 11.6 Å². The zero-order valence-electron chi connectivity index (χ0n) is 10.1. The summed E-state index contributed by atoms with van der Waals surface area (Å²) in [6, 6.07) is 4.72. The predicted octanol–water partition coefficient (Wildman–Crippen LogP) is 2.09. The summed E-state index contributed by atoms with van der Waals surface area (Å²) >= 11 is 5.78. The number of nitrogens with one attached hydrogen (secondary N) is 1. The highest BCUT2D eigenvalue weighted by molar-refractivity contribution is 7.89. The Hall–Kier alpha value is -0.330. The first kappa shape index (κ1) is 17.7. The van der Waals surface area contributed by atoms with Gasteiger partial charge in [0.1, 0.15) is 0 Å². The van der Waals surface area contributed by atoms with Crippen LogP contribution in [-0.4, -0.2) is 21.5 Å². The van der Waals surface area contributed by atoms with Crippen molar-refractivity contribution in [3.05, 3.63) is 28.8 Å². The highest BCUT2D eigenvalue weighted by atomic mass is 35.5. The Bertz CT molecular complexity index is 478. The molecule has 0 unspecified atom stereocenters. The van der Waals surface area contributed by atoms with Crippen molar-refractivity contribution >= 4 is 34.0 Å². The highest BCUT2D eigenvalue weighted by Gasteiger charge is 2.15. The summed E-state index contributed by atoms with van der Waals surface area (Å²) in [5.74, 6) is 0. The average molecular weight is 313 g/mol. The molecule has 4 nitrogen and oxygen atoms in total. The van der Waals surface area contributed by atoms with Crippen LogP contribution in [0.1, 0.15) is 18.4 Å². The van der Waals surface area contributed by atoms with E-state index in [1.165, 1.54) is 6.07 Å². The van der Waals surface area contributed by atoms with Gasteiger partial charge in [0.05, 0.1) is 4.90 Å². The molecule has 1 aromatic carbocycles. The van der Waals surface area contributed by atoms with E-state index in [9.17, 15) is 8.42 Å². The van der Waals surface area contributed by atoms with Crippen LogP contribution in [0.3, 0.4) is 0 Å². The molecular weight excluding hydrogens is 295 g/mol. The van der Waals surface area contributed by atoms with Crippen molar-refractivity contribution in [1.29, 1.82) is 0 Å². The summed E-state index contributed by atoms with van der Waals surface area (Å²) in [7, 11) is -3.44. The first-order valence-corrected chi connectivity index (χ1v) is 7.29. The van der Waals surface area contributed by atoms with Gasteiger partial charge in [0.2, 0.25) is 10.0 Å². The number of nitrogens with two attached hydrogens (primary N) is 1. The van der Waals surface area contributed by atoms with Crippen LogP contribution in [0.25, 0.3) is 0 Å². The van der Waals surface area contributed by atoms with Gasteiger partial charge in [0.15, 0.2) is 0 Å². The topological polar surface area (TPSA) is 72.2 Å². The summed E-state index contributed by atoms with van der Waals surface area (Å²) in [4.78, 5) is 0.273. The van der Waals surface area contributed by atoms with Gasteiger partial charge in [0.25, 0.3) is 0 Å². The number of sulfonamides is 1. The Kier molecular flexibility index (Phi) is 7.82. The van der Waals surface area contributed by atoms with Crippen molar-refractivity contribution in [2.24, 2.45) is 5.73 Å². The maximum absolute atomic E-state index is 11.9. The summed E-state index contributed by atoms with van der Waals surface area (Å²) in [5, 5.41) is 0.532. The zero-order valence-corrected chi connectivity index (χ0v) is 12.5. The van der Waals surface area contributed by atoms with Gasteiger partial charge in [-0.25, -0.2) is 13.1 Å². The van der Waals surface area contributed by atoms with Crippen LogP contribution in [0.5, 0.6) is 0 Å². The van der Waals surface area contributed by atoms with Crippen molar-refractivity contribution in [3.63, 3.8) is 0 Å². The summed E-state index contributed by atoms with van der Waals surface area (Å²) in [5.41, 5.74) is 5.98. The molecule has 0 aromatic heterocycles. The minimum absolute atomic E-state index is 0. The van der Waals surface area contributed by atoms with Gasteiger partial charge in [-0.2, -0.15) is 0 Å². The second kappa shape index (κ2) is 7.96. The van der Waals surface area contributed by atoms with Gasteiger partial charge in [-0.05, 0) is 50.1 Å². The van der Waals surface area contributed by atoms with E-state index in [4.69, 9.17) is 17.3 Å². The lowest BCUT2D eigenvalue weighted by molar-refractivity contribution is 0.576. The smallest absolute Gasteiger partial charge is 0.240 e. The quantitative estimate of drug-likeness (QED) is 0.790. The molecule has 0 saturated carbocycles. The van der Waals surface area contributed by atoms with E-state index in [1.54, 1.807) is 19.1 Å². The Morgan fingerprint density at radius 3 is 2.56 bits per heavy atom. The van der Waals surface area contributed by atoms with Crippen molar-refractivity contribution in [1.82, 2.24) is 4.72 Å². The number of benzene rings is 1. The fourth-order valence-electron chi connectivity index (χ4n) is 1.47. The molecule has 0 amide bonds. The van der Waals surface area contributed by atoms with Crippen LogP contribution in [0, 0.1) is 6.92 Å². The summed E-state index contributed by atoms with van der Waals surface area (Å²) in [6.45, 7) is 2.70. The number of halogens is 2. The van der Waals surface area contributed by atoms with Crippen LogP contribution < -0.4 is 10.5 Å². The Morgan fingerprint density at radius 1 is 1.33 bits per heavy atom. The van der Waals surface area contributed by atoms with Gasteiger partial charge in [-0.15, -0.1) is 12.4 Å². The summed E-state index contributed by atoms with van der Waals surface area (Å²) < 4.78 is 26.4. The molecule has 0 radical (unpaired) electrons. The number of hydrogen-bond acceptors (Lipinski definition) is 3. The number of rotatable bonds is 6. The lowest BCUT2D eigenvalue weighted by Gasteiger charge is -2.09. The van der Waals surface area contributed by atoms with Crippen LogP contribution >= 0.6 is 24.0 Å². The normalized spacial score (nSPS) is 11.1. The summed E-state index contributed by atoms with van der Waals surface area (Å²) in [6.07, 6.45) is 1.55. The second-order valence-corrected chi connectivity index (χ2v) is 5.98. The average Bonchev–Trinajstić information content (AvgIpc) is 2.24. The van der Waals surface area contributed by atoms with E-state index in [1.807, 2.05) is 0 Å². The van der Waals surface area contributed by atoms with Gasteiger partial charge in [-0.3, -0.25) is 0 Å². The van der Waals surface area contributed by atoms with Crippen molar-refractivity contribution in [2.75, 3.05) is 13.1 Å². The highest BCUT2D eigenvalue weighted by Crippen LogP contribution is 2.19. The molecule has 7 heteroatoms. The van der Waals surface area contributed by atoms with E-state index in [-0.39, 0.29) is 17.3 Å². The Labute approximate surface area is 119 Å². The SMILES string of the molecule is Cc1cc(Cl)ccc1S(=O)(=O)NCCCCN.Cl. The molecule has 104 valence electrons. The minimum Gasteiger partial charge on any atom is -0.330 e. The molecule has 0 aliphatic carbocycles. The third-order valence-corrected chi connectivity index (χ3v) is 4.21. The van der Waals surface area contributed by atoms with Gasteiger partial charge in [-0.1, -0.05) is 11.6 Å². The van der Waals surface area contributed by atoms with Gasteiger partial charge >= 0.3 is 0 Å². The molecule has 0 atom stereocenters. The zero-order chi connectivity index (χ0) is 12.9. The van der Waals surface area contributed by atoms with Crippen LogP contribution in [0.4, 0.5) is 0 Å². The van der Waals surface area contributed by atoms with E-state index in [2.05, 4.69) is 4.72 Å². The standard InChI is InChI=1S/C11H17ClN2O2S.ClH/c1-9-8-10(12)4-5-11(9)17(15,16)14-7-3-2-6-13;/h4-5,8,14H,2-3,6-7,13H2,1H3;1H.